The SMILES string of the molecule is CC(OC(=O)c1c2c(nc3ccccc13)CCC2)C(=O)Nc1sccc1C(N)=O. The minimum absolute atomic E-state index is 0.222. The average Bonchev–Trinajstić information content (AvgIpc) is 3.34. The van der Waals surface area contributed by atoms with Crippen LogP contribution >= 0.6 is 11.3 Å². The van der Waals surface area contributed by atoms with Gasteiger partial charge in [0, 0.05) is 11.1 Å². The summed E-state index contributed by atoms with van der Waals surface area (Å²) in [5.41, 5.74) is 8.55. The number of para-hydroxylation sites is 1. The van der Waals surface area contributed by atoms with E-state index in [-0.39, 0.29) is 5.56 Å². The maximum atomic E-state index is 13.0. The zero-order valence-corrected chi connectivity index (χ0v) is 16.5. The number of nitrogens with two attached hydrogens (primary N) is 1. The number of aryl methyl sites for hydroxylation is 1. The molecule has 7 nitrogen and oxygen atoms in total. The minimum atomic E-state index is -1.05. The maximum absolute atomic E-state index is 13.0. The fourth-order valence-electron chi connectivity index (χ4n) is 3.53. The molecule has 3 aromatic rings. The van der Waals surface area contributed by atoms with E-state index in [1.807, 2.05) is 24.3 Å². The quantitative estimate of drug-likeness (QED) is 0.629. The van der Waals surface area contributed by atoms with Crippen molar-refractivity contribution in [1.82, 2.24) is 4.98 Å². The third kappa shape index (κ3) is 3.58. The van der Waals surface area contributed by atoms with E-state index in [2.05, 4.69) is 10.3 Å². The van der Waals surface area contributed by atoms with Crippen LogP contribution in [0.3, 0.4) is 0 Å². The molecule has 0 radical (unpaired) electrons. The summed E-state index contributed by atoms with van der Waals surface area (Å²) in [6.45, 7) is 1.49. The number of aromatic nitrogens is 1. The highest BCUT2D eigenvalue weighted by atomic mass is 32.1. The first-order valence-corrected chi connectivity index (χ1v) is 10.1. The summed E-state index contributed by atoms with van der Waals surface area (Å²) in [6, 6.07) is 8.96. The van der Waals surface area contributed by atoms with Gasteiger partial charge in [0.25, 0.3) is 11.8 Å². The van der Waals surface area contributed by atoms with Gasteiger partial charge in [-0.25, -0.2) is 4.79 Å². The van der Waals surface area contributed by atoms with Crippen molar-refractivity contribution in [2.45, 2.75) is 32.3 Å². The van der Waals surface area contributed by atoms with Crippen molar-refractivity contribution in [2.75, 3.05) is 5.32 Å². The van der Waals surface area contributed by atoms with E-state index in [4.69, 9.17) is 10.5 Å². The van der Waals surface area contributed by atoms with Gasteiger partial charge in [0.15, 0.2) is 6.10 Å². The first-order valence-electron chi connectivity index (χ1n) is 9.25. The van der Waals surface area contributed by atoms with Gasteiger partial charge >= 0.3 is 5.97 Å². The number of nitrogens with zero attached hydrogens (tertiary/aromatic N) is 1. The van der Waals surface area contributed by atoms with Crippen molar-refractivity contribution in [2.24, 2.45) is 5.73 Å². The van der Waals surface area contributed by atoms with Gasteiger partial charge in [-0.2, -0.15) is 0 Å². The summed E-state index contributed by atoms with van der Waals surface area (Å²) >= 11 is 1.18. The zero-order valence-electron chi connectivity index (χ0n) is 15.7. The molecule has 1 aromatic carbocycles. The second-order valence-corrected chi connectivity index (χ2v) is 7.76. The number of rotatable bonds is 5. The molecular weight excluding hydrogens is 390 g/mol. The number of primary amides is 1. The molecule has 0 saturated carbocycles. The van der Waals surface area contributed by atoms with Crippen LogP contribution in [0.4, 0.5) is 5.00 Å². The van der Waals surface area contributed by atoms with Gasteiger partial charge < -0.3 is 15.8 Å². The molecular formula is C21H19N3O4S. The van der Waals surface area contributed by atoms with Crippen molar-refractivity contribution >= 4 is 45.0 Å². The molecule has 0 bridgehead atoms. The van der Waals surface area contributed by atoms with Crippen molar-refractivity contribution in [1.29, 1.82) is 0 Å². The normalized spacial score (nSPS) is 13.7. The third-order valence-corrected chi connectivity index (χ3v) is 5.77. The Morgan fingerprint density at radius 2 is 2.00 bits per heavy atom. The summed E-state index contributed by atoms with van der Waals surface area (Å²) in [4.78, 5) is 41.6. The lowest BCUT2D eigenvalue weighted by atomic mass is 10.0. The van der Waals surface area contributed by atoms with E-state index in [1.54, 1.807) is 5.38 Å². The van der Waals surface area contributed by atoms with Gasteiger partial charge in [-0.05, 0) is 49.3 Å². The predicted octanol–water partition coefficient (Wildman–Crippen LogP) is 3.07. The molecule has 0 aliphatic heterocycles. The second kappa shape index (κ2) is 7.63. The van der Waals surface area contributed by atoms with Crippen molar-refractivity contribution < 1.29 is 19.1 Å². The lowest BCUT2D eigenvalue weighted by Gasteiger charge is -2.16. The van der Waals surface area contributed by atoms with E-state index in [1.165, 1.54) is 24.3 Å². The highest BCUT2D eigenvalue weighted by Crippen LogP contribution is 2.31. The number of pyridine rings is 1. The van der Waals surface area contributed by atoms with Crippen LogP contribution in [-0.4, -0.2) is 28.9 Å². The van der Waals surface area contributed by atoms with Crippen LogP contribution in [0.2, 0.25) is 0 Å². The summed E-state index contributed by atoms with van der Waals surface area (Å²) in [7, 11) is 0. The smallest absolute Gasteiger partial charge is 0.339 e. The van der Waals surface area contributed by atoms with E-state index in [9.17, 15) is 14.4 Å². The summed E-state index contributed by atoms with van der Waals surface area (Å²) in [6.07, 6.45) is 1.47. The summed E-state index contributed by atoms with van der Waals surface area (Å²) in [5.74, 6) is -1.71. The molecule has 1 aliphatic carbocycles. The Bertz CT molecular complexity index is 1140. The third-order valence-electron chi connectivity index (χ3n) is 4.94. The highest BCUT2D eigenvalue weighted by molar-refractivity contribution is 7.14. The van der Waals surface area contributed by atoms with Crippen molar-refractivity contribution in [3.63, 3.8) is 0 Å². The Balaban J connectivity index is 1.57. The molecule has 29 heavy (non-hydrogen) atoms. The fraction of sp³-hybridized carbons (Fsp3) is 0.238. The topological polar surface area (TPSA) is 111 Å². The molecule has 3 N–H and O–H groups in total. The number of hydrogen-bond acceptors (Lipinski definition) is 6. The molecule has 0 fully saturated rings. The fourth-order valence-corrected chi connectivity index (χ4v) is 4.33. The number of amides is 2. The number of fused-ring (bicyclic) bond motifs is 2. The predicted molar refractivity (Wildman–Crippen MR) is 110 cm³/mol. The highest BCUT2D eigenvalue weighted by Gasteiger charge is 2.27. The van der Waals surface area contributed by atoms with Crippen LogP contribution in [0.5, 0.6) is 0 Å². The number of hydrogen-bond donors (Lipinski definition) is 2. The van der Waals surface area contributed by atoms with Crippen LogP contribution in [0.15, 0.2) is 35.7 Å². The Morgan fingerprint density at radius 3 is 2.79 bits per heavy atom. The molecule has 2 aromatic heterocycles. The molecule has 148 valence electrons. The minimum Gasteiger partial charge on any atom is -0.449 e. The lowest BCUT2D eigenvalue weighted by Crippen LogP contribution is -2.30. The van der Waals surface area contributed by atoms with Gasteiger partial charge in [-0.3, -0.25) is 14.6 Å². The number of anilines is 1. The largest absolute Gasteiger partial charge is 0.449 e. The van der Waals surface area contributed by atoms with Crippen LogP contribution in [-0.2, 0) is 22.4 Å². The van der Waals surface area contributed by atoms with Crippen molar-refractivity contribution in [3.8, 4) is 0 Å². The van der Waals surface area contributed by atoms with Crippen LogP contribution in [0, 0.1) is 0 Å². The van der Waals surface area contributed by atoms with Crippen LogP contribution in [0.1, 0.15) is 45.3 Å². The van der Waals surface area contributed by atoms with Gasteiger partial charge in [0.1, 0.15) is 5.00 Å². The molecule has 4 rings (SSSR count). The number of thiophene rings is 1. The Kier molecular flexibility index (Phi) is 5.02. The molecule has 1 aliphatic rings. The number of carbonyl (C=O) groups excluding carboxylic acids is 3. The van der Waals surface area contributed by atoms with Gasteiger partial charge in [-0.1, -0.05) is 18.2 Å². The molecule has 8 heteroatoms. The second-order valence-electron chi connectivity index (χ2n) is 6.85. The van der Waals surface area contributed by atoms with Gasteiger partial charge in [0.05, 0.1) is 16.6 Å². The van der Waals surface area contributed by atoms with E-state index in [0.717, 1.165) is 41.4 Å². The number of esters is 1. The van der Waals surface area contributed by atoms with E-state index < -0.39 is 23.9 Å². The van der Waals surface area contributed by atoms with Crippen molar-refractivity contribution in [3.05, 3.63) is 58.1 Å². The monoisotopic (exact) mass is 409 g/mol. The first-order chi connectivity index (χ1) is 14.0. The molecule has 1 atom stereocenters. The molecule has 2 heterocycles. The number of carbonyl (C=O) groups is 3. The number of nitrogens with one attached hydrogen (secondary N) is 1. The Labute approximate surface area is 170 Å². The number of benzene rings is 1. The average molecular weight is 409 g/mol. The van der Waals surface area contributed by atoms with E-state index >= 15 is 0 Å². The number of ether oxygens (including phenoxy) is 1. The van der Waals surface area contributed by atoms with Gasteiger partial charge in [-0.15, -0.1) is 11.3 Å². The summed E-state index contributed by atoms with van der Waals surface area (Å²) in [5, 5.41) is 5.31. The standard InChI is InChI=1S/C21H19N3O4S/c1-11(19(26)24-20-14(18(22)25)9-10-29-20)28-21(27)17-12-5-2-3-7-15(12)23-16-8-4-6-13(16)17/h2-3,5,7,9-11H,4,6,8H2,1H3,(H2,22,25)(H,24,26). The molecule has 1 unspecified atom stereocenters. The van der Waals surface area contributed by atoms with E-state index in [0.29, 0.717) is 10.6 Å². The van der Waals surface area contributed by atoms with Crippen LogP contribution in [0.25, 0.3) is 10.9 Å². The summed E-state index contributed by atoms with van der Waals surface area (Å²) < 4.78 is 5.49. The van der Waals surface area contributed by atoms with Gasteiger partial charge in [0.2, 0.25) is 0 Å². The Hall–Kier alpha value is -3.26. The molecule has 0 saturated heterocycles. The first kappa shape index (κ1) is 19.1. The van der Waals surface area contributed by atoms with Crippen LogP contribution < -0.4 is 11.1 Å². The zero-order chi connectivity index (χ0) is 20.5. The lowest BCUT2D eigenvalue weighted by molar-refractivity contribution is -0.123. The molecule has 2 amide bonds. The molecule has 0 spiro atoms. The Morgan fingerprint density at radius 1 is 1.21 bits per heavy atom. The maximum Gasteiger partial charge on any atom is 0.339 e.